The predicted molar refractivity (Wildman–Crippen MR) is 50.7 cm³/mol. The van der Waals surface area contributed by atoms with Gasteiger partial charge in [-0.2, -0.15) is 0 Å². The standard InChI is InChI=1S/C9H16N2O3/c1-14-8(12)6-11-7-4-2-3-5-10-9(7)13/h7,11H,2-6H2,1H3,(H,10,13). The lowest BCUT2D eigenvalue weighted by Gasteiger charge is -2.13. The molecule has 1 atom stereocenters. The third kappa shape index (κ3) is 3.33. The summed E-state index contributed by atoms with van der Waals surface area (Å²) in [5.74, 6) is -0.367. The van der Waals surface area contributed by atoms with Crippen molar-refractivity contribution in [2.24, 2.45) is 0 Å². The molecule has 1 aliphatic heterocycles. The average molecular weight is 200 g/mol. The minimum atomic E-state index is -0.345. The first kappa shape index (κ1) is 11.0. The molecular formula is C9H16N2O3. The molecular weight excluding hydrogens is 184 g/mol. The van der Waals surface area contributed by atoms with Gasteiger partial charge in [0.1, 0.15) is 0 Å². The molecule has 0 saturated carbocycles. The Morgan fingerprint density at radius 3 is 3.14 bits per heavy atom. The van der Waals surface area contributed by atoms with Crippen LogP contribution < -0.4 is 10.6 Å². The smallest absolute Gasteiger partial charge is 0.319 e. The summed E-state index contributed by atoms with van der Waals surface area (Å²) >= 11 is 0. The van der Waals surface area contributed by atoms with Gasteiger partial charge in [-0.3, -0.25) is 14.9 Å². The zero-order valence-electron chi connectivity index (χ0n) is 8.34. The monoisotopic (exact) mass is 200 g/mol. The Balaban J connectivity index is 2.33. The van der Waals surface area contributed by atoms with E-state index in [9.17, 15) is 9.59 Å². The van der Waals surface area contributed by atoms with Crippen LogP contribution in [0.2, 0.25) is 0 Å². The second-order valence-electron chi connectivity index (χ2n) is 3.30. The van der Waals surface area contributed by atoms with Gasteiger partial charge in [-0.25, -0.2) is 0 Å². The Kier molecular flexibility index (Phi) is 4.39. The number of rotatable bonds is 3. The van der Waals surface area contributed by atoms with E-state index >= 15 is 0 Å². The lowest BCUT2D eigenvalue weighted by atomic mass is 10.1. The highest BCUT2D eigenvalue weighted by atomic mass is 16.5. The van der Waals surface area contributed by atoms with Crippen LogP contribution in [0.4, 0.5) is 0 Å². The number of nitrogens with one attached hydrogen (secondary N) is 2. The molecule has 1 aliphatic rings. The van der Waals surface area contributed by atoms with Gasteiger partial charge in [0.25, 0.3) is 0 Å². The molecule has 0 bridgehead atoms. The second kappa shape index (κ2) is 5.59. The highest BCUT2D eigenvalue weighted by Gasteiger charge is 2.20. The van der Waals surface area contributed by atoms with Crippen molar-refractivity contribution in [3.05, 3.63) is 0 Å². The van der Waals surface area contributed by atoms with Crippen LogP contribution in [0.3, 0.4) is 0 Å². The molecule has 1 rings (SSSR count). The van der Waals surface area contributed by atoms with Gasteiger partial charge in [0.2, 0.25) is 5.91 Å². The minimum Gasteiger partial charge on any atom is -0.468 e. The van der Waals surface area contributed by atoms with E-state index in [1.165, 1.54) is 7.11 Å². The fourth-order valence-corrected chi connectivity index (χ4v) is 1.41. The molecule has 0 aromatic carbocycles. The van der Waals surface area contributed by atoms with E-state index in [1.54, 1.807) is 0 Å². The van der Waals surface area contributed by atoms with Crippen LogP contribution in [0.5, 0.6) is 0 Å². The first-order valence-corrected chi connectivity index (χ1v) is 4.82. The number of hydrogen-bond donors (Lipinski definition) is 2. The summed E-state index contributed by atoms with van der Waals surface area (Å²) in [6.07, 6.45) is 2.78. The van der Waals surface area contributed by atoms with Crippen LogP contribution in [0.15, 0.2) is 0 Å². The second-order valence-corrected chi connectivity index (χ2v) is 3.30. The highest BCUT2D eigenvalue weighted by Crippen LogP contribution is 2.04. The fourth-order valence-electron chi connectivity index (χ4n) is 1.41. The first-order chi connectivity index (χ1) is 6.74. The number of esters is 1. The molecule has 0 spiro atoms. The predicted octanol–water partition coefficient (Wildman–Crippen LogP) is -0.582. The fraction of sp³-hybridized carbons (Fsp3) is 0.778. The van der Waals surface area contributed by atoms with Crippen LogP contribution in [0.1, 0.15) is 19.3 Å². The largest absolute Gasteiger partial charge is 0.468 e. The Bertz CT molecular complexity index is 218. The van der Waals surface area contributed by atoms with Gasteiger partial charge in [-0.15, -0.1) is 0 Å². The minimum absolute atomic E-state index is 0.0218. The van der Waals surface area contributed by atoms with E-state index < -0.39 is 0 Å². The highest BCUT2D eigenvalue weighted by molar-refractivity contribution is 5.82. The molecule has 0 radical (unpaired) electrons. The Labute approximate surface area is 83.2 Å². The lowest BCUT2D eigenvalue weighted by Crippen LogP contribution is -2.44. The van der Waals surface area contributed by atoms with Gasteiger partial charge in [-0.1, -0.05) is 0 Å². The Hall–Kier alpha value is -1.10. The van der Waals surface area contributed by atoms with Crippen molar-refractivity contribution in [2.45, 2.75) is 25.3 Å². The van der Waals surface area contributed by atoms with Crippen LogP contribution in [0, 0.1) is 0 Å². The Morgan fingerprint density at radius 2 is 2.43 bits per heavy atom. The van der Waals surface area contributed by atoms with Gasteiger partial charge in [0.15, 0.2) is 0 Å². The van der Waals surface area contributed by atoms with Crippen molar-refractivity contribution in [1.29, 1.82) is 0 Å². The maximum absolute atomic E-state index is 11.4. The molecule has 2 N–H and O–H groups in total. The molecule has 1 saturated heterocycles. The third-order valence-corrected chi connectivity index (χ3v) is 2.26. The van der Waals surface area contributed by atoms with Gasteiger partial charge in [0, 0.05) is 6.54 Å². The SMILES string of the molecule is COC(=O)CNC1CCCCNC1=O. The zero-order valence-corrected chi connectivity index (χ0v) is 8.34. The van der Waals surface area contributed by atoms with Crippen molar-refractivity contribution in [1.82, 2.24) is 10.6 Å². The van der Waals surface area contributed by atoms with Crippen molar-refractivity contribution in [3.8, 4) is 0 Å². The molecule has 0 aromatic rings. The van der Waals surface area contributed by atoms with E-state index in [-0.39, 0.29) is 24.5 Å². The zero-order chi connectivity index (χ0) is 10.4. The van der Waals surface area contributed by atoms with Crippen molar-refractivity contribution < 1.29 is 14.3 Å². The lowest BCUT2D eigenvalue weighted by molar-refractivity contribution is -0.139. The number of amides is 1. The third-order valence-electron chi connectivity index (χ3n) is 2.26. The van der Waals surface area contributed by atoms with Crippen molar-refractivity contribution in [3.63, 3.8) is 0 Å². The van der Waals surface area contributed by atoms with E-state index in [2.05, 4.69) is 15.4 Å². The number of carbonyl (C=O) groups excluding carboxylic acids is 2. The van der Waals surface area contributed by atoms with Gasteiger partial charge in [0.05, 0.1) is 19.7 Å². The Morgan fingerprint density at radius 1 is 1.64 bits per heavy atom. The number of methoxy groups -OCH3 is 1. The van der Waals surface area contributed by atoms with Crippen molar-refractivity contribution >= 4 is 11.9 Å². The van der Waals surface area contributed by atoms with E-state index in [0.717, 1.165) is 25.8 Å². The quantitative estimate of drug-likeness (QED) is 0.598. The normalized spacial score (nSPS) is 22.4. The first-order valence-electron chi connectivity index (χ1n) is 4.82. The summed E-state index contributed by atoms with van der Waals surface area (Å²) in [6, 6.07) is -0.253. The number of hydrogen-bond acceptors (Lipinski definition) is 4. The summed E-state index contributed by atoms with van der Waals surface area (Å²) in [4.78, 5) is 22.2. The molecule has 14 heavy (non-hydrogen) atoms. The van der Waals surface area contributed by atoms with Crippen molar-refractivity contribution in [2.75, 3.05) is 20.2 Å². The molecule has 1 fully saturated rings. The summed E-state index contributed by atoms with van der Waals surface area (Å²) in [5.41, 5.74) is 0. The van der Waals surface area contributed by atoms with E-state index in [4.69, 9.17) is 0 Å². The average Bonchev–Trinajstić information content (AvgIpc) is 2.39. The maximum Gasteiger partial charge on any atom is 0.319 e. The van der Waals surface area contributed by atoms with Crippen LogP contribution >= 0.6 is 0 Å². The van der Waals surface area contributed by atoms with Crippen LogP contribution in [0.25, 0.3) is 0 Å². The molecule has 0 aromatic heterocycles. The van der Waals surface area contributed by atoms with Gasteiger partial charge in [-0.05, 0) is 19.3 Å². The summed E-state index contributed by atoms with van der Waals surface area (Å²) in [7, 11) is 1.33. The van der Waals surface area contributed by atoms with Crippen LogP contribution in [-0.4, -0.2) is 38.1 Å². The van der Waals surface area contributed by atoms with E-state index in [0.29, 0.717) is 0 Å². The summed E-state index contributed by atoms with van der Waals surface area (Å²) in [5, 5.41) is 5.66. The molecule has 80 valence electrons. The topological polar surface area (TPSA) is 67.4 Å². The number of carbonyl (C=O) groups is 2. The summed E-state index contributed by atoms with van der Waals surface area (Å²) in [6.45, 7) is 0.823. The molecule has 1 heterocycles. The maximum atomic E-state index is 11.4. The number of ether oxygens (including phenoxy) is 1. The van der Waals surface area contributed by atoms with Crippen LogP contribution in [-0.2, 0) is 14.3 Å². The molecule has 5 heteroatoms. The molecule has 1 amide bonds. The van der Waals surface area contributed by atoms with Gasteiger partial charge >= 0.3 is 5.97 Å². The molecule has 0 aliphatic carbocycles. The molecule has 5 nitrogen and oxygen atoms in total. The van der Waals surface area contributed by atoms with E-state index in [1.807, 2.05) is 0 Å². The molecule has 1 unspecified atom stereocenters. The summed E-state index contributed by atoms with van der Waals surface area (Å²) < 4.78 is 4.47. The van der Waals surface area contributed by atoms with Gasteiger partial charge < -0.3 is 10.1 Å².